The summed E-state index contributed by atoms with van der Waals surface area (Å²) in [4.78, 5) is 0. The maximum Gasteiger partial charge on any atom is 0.119 e. The highest BCUT2D eigenvalue weighted by Gasteiger charge is 2.39. The second-order valence-corrected chi connectivity index (χ2v) is 13.6. The van der Waals surface area contributed by atoms with Crippen LogP contribution in [-0.4, -0.2) is 41.2 Å². The minimum Gasteiger partial charge on any atom is -0.490 e. The number of hydrogen-bond donors (Lipinski definition) is 3. The topological polar surface area (TPSA) is 69.9 Å². The van der Waals surface area contributed by atoms with E-state index in [0.717, 1.165) is 25.7 Å². The van der Waals surface area contributed by atoms with Gasteiger partial charge in [-0.05, 0) is 72.3 Å². The number of rotatable bonds is 16. The molecule has 2 aromatic rings. The van der Waals surface area contributed by atoms with Crippen molar-refractivity contribution in [2.75, 3.05) is 19.8 Å². The fourth-order valence-corrected chi connectivity index (χ4v) is 5.55. The molecule has 0 bridgehead atoms. The third-order valence-corrected chi connectivity index (χ3v) is 8.05. The van der Waals surface area contributed by atoms with E-state index in [9.17, 15) is 15.3 Å². The van der Waals surface area contributed by atoms with Gasteiger partial charge >= 0.3 is 0 Å². The lowest BCUT2D eigenvalue weighted by Crippen LogP contribution is -2.48. The van der Waals surface area contributed by atoms with Gasteiger partial charge in [-0.1, -0.05) is 110 Å². The molecular weight excluding hydrogens is 484 g/mol. The van der Waals surface area contributed by atoms with Gasteiger partial charge in [0.05, 0.1) is 25.2 Å². The van der Waals surface area contributed by atoms with E-state index in [2.05, 4.69) is 60.6 Å². The molecule has 0 aliphatic carbocycles. The van der Waals surface area contributed by atoms with Crippen molar-refractivity contribution >= 4 is 0 Å². The molecule has 0 aliphatic rings. The van der Waals surface area contributed by atoms with Crippen molar-refractivity contribution in [1.29, 1.82) is 0 Å². The lowest BCUT2D eigenvalue weighted by molar-refractivity contribution is -0.0755. The van der Waals surface area contributed by atoms with Crippen molar-refractivity contribution in [3.63, 3.8) is 0 Å². The first-order valence-electron chi connectivity index (χ1n) is 15.1. The van der Waals surface area contributed by atoms with E-state index in [0.29, 0.717) is 12.2 Å². The molecule has 0 heterocycles. The minimum atomic E-state index is -1.05. The van der Waals surface area contributed by atoms with E-state index in [1.807, 2.05) is 30.3 Å². The van der Waals surface area contributed by atoms with Crippen molar-refractivity contribution in [3.8, 4) is 5.75 Å². The zero-order valence-corrected chi connectivity index (χ0v) is 25.9. The first kappa shape index (κ1) is 33.3. The lowest BCUT2D eigenvalue weighted by Gasteiger charge is -2.36. The largest absolute Gasteiger partial charge is 0.490 e. The van der Waals surface area contributed by atoms with Gasteiger partial charge in [-0.15, -0.1) is 0 Å². The highest BCUT2D eigenvalue weighted by Crippen LogP contribution is 2.36. The highest BCUT2D eigenvalue weighted by molar-refractivity contribution is 5.45. The Morgan fingerprint density at radius 3 is 1.59 bits per heavy atom. The number of aliphatic hydroxyl groups is 3. The predicted octanol–water partition coefficient (Wildman–Crippen LogP) is 7.66. The maximum absolute atomic E-state index is 9.97. The van der Waals surface area contributed by atoms with Crippen molar-refractivity contribution < 1.29 is 20.1 Å². The molecule has 4 nitrogen and oxygen atoms in total. The Balaban J connectivity index is 1.84. The number of ether oxygens (including phenoxy) is 1. The highest BCUT2D eigenvalue weighted by atomic mass is 16.5. The van der Waals surface area contributed by atoms with Crippen LogP contribution < -0.4 is 4.74 Å². The smallest absolute Gasteiger partial charge is 0.119 e. The van der Waals surface area contributed by atoms with E-state index in [-0.39, 0.29) is 30.7 Å². The fourth-order valence-electron chi connectivity index (χ4n) is 5.55. The Morgan fingerprint density at radius 2 is 1.13 bits per heavy atom. The Labute approximate surface area is 238 Å². The number of unbranched alkanes of at least 4 members (excludes halogenated alkanes) is 6. The Morgan fingerprint density at radius 1 is 0.667 bits per heavy atom. The summed E-state index contributed by atoms with van der Waals surface area (Å²) >= 11 is 0. The van der Waals surface area contributed by atoms with Crippen molar-refractivity contribution in [2.45, 2.75) is 123 Å². The molecular formula is C35H56O4. The van der Waals surface area contributed by atoms with Crippen LogP contribution in [0.25, 0.3) is 0 Å². The summed E-state index contributed by atoms with van der Waals surface area (Å²) < 4.78 is 6.15. The van der Waals surface area contributed by atoms with Gasteiger partial charge in [0, 0.05) is 0 Å². The molecule has 220 valence electrons. The van der Waals surface area contributed by atoms with Gasteiger partial charge in [0.2, 0.25) is 0 Å². The normalized spacial score (nSPS) is 13.5. The van der Waals surface area contributed by atoms with Gasteiger partial charge in [0.15, 0.2) is 0 Å². The summed E-state index contributed by atoms with van der Waals surface area (Å²) in [6, 6.07) is 14.3. The molecule has 0 fully saturated rings. The standard InChI is InChI=1S/C35H56O4/c1-27-22-30(33(2,3)4)29(31(23-27)34(5,6)7)20-16-11-9-8-10-12-17-21-32(35(24-36,25-37)26-38)39-28-18-14-13-15-19-28/h13-15,18-19,22-23,32,36-38H,8-12,16-17,20-21,24-26H2,1-7H3. The van der Waals surface area contributed by atoms with Crippen LogP contribution in [0.15, 0.2) is 42.5 Å². The molecule has 3 N–H and O–H groups in total. The summed E-state index contributed by atoms with van der Waals surface area (Å²) in [6.45, 7) is 15.3. The molecule has 39 heavy (non-hydrogen) atoms. The molecule has 2 aromatic carbocycles. The molecule has 0 saturated heterocycles. The molecule has 4 heteroatoms. The molecule has 2 rings (SSSR count). The Bertz CT molecular complexity index is 921. The predicted molar refractivity (Wildman–Crippen MR) is 164 cm³/mol. The summed E-state index contributed by atoms with van der Waals surface area (Å²) in [5.41, 5.74) is 5.16. The summed E-state index contributed by atoms with van der Waals surface area (Å²) in [7, 11) is 0. The van der Waals surface area contributed by atoms with Crippen LogP contribution in [0.5, 0.6) is 5.75 Å². The monoisotopic (exact) mass is 540 g/mol. The van der Waals surface area contributed by atoms with E-state index in [4.69, 9.17) is 4.74 Å². The van der Waals surface area contributed by atoms with Crippen LogP contribution in [0.4, 0.5) is 0 Å². The third-order valence-electron chi connectivity index (χ3n) is 8.05. The number of aliphatic hydroxyl groups excluding tert-OH is 3. The number of aryl methyl sites for hydroxylation is 1. The molecule has 1 unspecified atom stereocenters. The summed E-state index contributed by atoms with van der Waals surface area (Å²) in [5.74, 6) is 0.694. The molecule has 1 atom stereocenters. The van der Waals surface area contributed by atoms with Crippen LogP contribution in [0.3, 0.4) is 0 Å². The molecule has 0 radical (unpaired) electrons. The van der Waals surface area contributed by atoms with Gasteiger partial charge in [0.25, 0.3) is 0 Å². The Hall–Kier alpha value is -1.88. The summed E-state index contributed by atoms with van der Waals surface area (Å²) in [5, 5.41) is 29.9. The number of para-hydroxylation sites is 1. The third kappa shape index (κ3) is 9.92. The molecule has 0 aliphatic heterocycles. The average molecular weight is 541 g/mol. The van der Waals surface area contributed by atoms with Crippen molar-refractivity contribution in [3.05, 3.63) is 64.7 Å². The quantitative estimate of drug-likeness (QED) is 0.191. The van der Waals surface area contributed by atoms with E-state index >= 15 is 0 Å². The van der Waals surface area contributed by atoms with Crippen LogP contribution >= 0.6 is 0 Å². The van der Waals surface area contributed by atoms with Crippen LogP contribution in [0.1, 0.15) is 115 Å². The van der Waals surface area contributed by atoms with Crippen LogP contribution in [0, 0.1) is 12.3 Å². The van der Waals surface area contributed by atoms with Gasteiger partial charge in [0.1, 0.15) is 11.9 Å². The molecule has 0 amide bonds. The first-order valence-corrected chi connectivity index (χ1v) is 15.1. The van der Waals surface area contributed by atoms with E-state index < -0.39 is 11.5 Å². The van der Waals surface area contributed by atoms with E-state index in [1.54, 1.807) is 5.56 Å². The van der Waals surface area contributed by atoms with Crippen LogP contribution in [-0.2, 0) is 17.3 Å². The van der Waals surface area contributed by atoms with E-state index in [1.165, 1.54) is 42.4 Å². The maximum atomic E-state index is 9.97. The average Bonchev–Trinajstić information content (AvgIpc) is 2.88. The second kappa shape index (κ2) is 15.2. The van der Waals surface area contributed by atoms with Gasteiger partial charge in [-0.3, -0.25) is 0 Å². The molecule has 0 saturated carbocycles. The van der Waals surface area contributed by atoms with Crippen molar-refractivity contribution in [2.24, 2.45) is 5.41 Å². The molecule has 0 spiro atoms. The van der Waals surface area contributed by atoms with Gasteiger partial charge in [-0.2, -0.15) is 0 Å². The molecule has 0 aromatic heterocycles. The number of hydrogen-bond acceptors (Lipinski definition) is 4. The zero-order chi connectivity index (χ0) is 29.1. The van der Waals surface area contributed by atoms with Gasteiger partial charge < -0.3 is 20.1 Å². The first-order chi connectivity index (χ1) is 18.4. The van der Waals surface area contributed by atoms with Crippen LogP contribution in [0.2, 0.25) is 0 Å². The van der Waals surface area contributed by atoms with Crippen molar-refractivity contribution in [1.82, 2.24) is 0 Å². The zero-order valence-electron chi connectivity index (χ0n) is 25.9. The Kier molecular flexibility index (Phi) is 13.0. The fraction of sp³-hybridized carbons (Fsp3) is 0.657. The minimum absolute atomic E-state index is 0.142. The SMILES string of the molecule is Cc1cc(C(C)(C)C)c(CCCCCCCCCC(Oc2ccccc2)C(CO)(CO)CO)c(C(C)(C)C)c1. The number of benzene rings is 2. The van der Waals surface area contributed by atoms with Gasteiger partial charge in [-0.25, -0.2) is 0 Å². The summed E-state index contributed by atoms with van der Waals surface area (Å²) in [6.07, 6.45) is 9.47. The lowest BCUT2D eigenvalue weighted by atomic mass is 9.74. The second-order valence-electron chi connectivity index (χ2n) is 13.6.